The number of carbonyl (C=O) groups is 3. The van der Waals surface area contributed by atoms with Gasteiger partial charge in [-0.1, -0.05) is 53.9 Å². The van der Waals surface area contributed by atoms with Crippen LogP contribution in [0, 0.1) is 12.3 Å². The van der Waals surface area contributed by atoms with Crippen LogP contribution in [-0.2, 0) is 36.9 Å². The number of aromatic hydroxyl groups is 1. The molecule has 3 aromatic carbocycles. The van der Waals surface area contributed by atoms with E-state index in [4.69, 9.17) is 32.2 Å². The summed E-state index contributed by atoms with van der Waals surface area (Å²) in [4.78, 5) is 37.4. The molecule has 2 amide bonds. The number of benzene rings is 3. The topological polar surface area (TPSA) is 224 Å². The summed E-state index contributed by atoms with van der Waals surface area (Å²) in [5.74, 6) is -2.84. The molecule has 50 heavy (non-hydrogen) atoms. The van der Waals surface area contributed by atoms with Crippen LogP contribution in [0.4, 0.5) is 0 Å². The minimum absolute atomic E-state index is 0.0443. The molecule has 0 unspecified atom stereocenters. The van der Waals surface area contributed by atoms with Gasteiger partial charge in [0.05, 0.1) is 31.3 Å². The smallest absolute Gasteiger partial charge is 0.364 e. The standard InChI is InChI=1S/C35H37ClN2O12/c1-2-13-48-24-10-3-20(4-11-24)19-49-35(34(46)47)16-27(41)31(38-30(44)18-39)33(50-35)32(45)28(42)17-37-29(43)15-21-5-12-25(26(36)14-21)22-6-8-23(40)9-7-22/h1,3-12,14,27-28,31-33,39-42,45H,13,15-19H2,(H,37,43)(H,38,44)(H,46,47)/t27-,28+,31+,32+,33+,35+/m0/s1. The Morgan fingerprint density at radius 3 is 2.34 bits per heavy atom. The summed E-state index contributed by atoms with van der Waals surface area (Å²) in [7, 11) is 0. The van der Waals surface area contributed by atoms with Crippen LogP contribution in [0.1, 0.15) is 17.5 Å². The monoisotopic (exact) mass is 712 g/mol. The molecular weight excluding hydrogens is 676 g/mol. The van der Waals surface area contributed by atoms with Gasteiger partial charge < -0.3 is 55.5 Å². The lowest BCUT2D eigenvalue weighted by Crippen LogP contribution is -2.68. The Labute approximate surface area is 292 Å². The number of hydrogen-bond acceptors (Lipinski definition) is 11. The van der Waals surface area contributed by atoms with Crippen LogP contribution < -0.4 is 15.4 Å². The Bertz CT molecular complexity index is 1680. The Hall–Kier alpha value is -4.72. The number of rotatable bonds is 15. The van der Waals surface area contributed by atoms with Gasteiger partial charge in [0, 0.05) is 23.6 Å². The number of halogens is 1. The summed E-state index contributed by atoms with van der Waals surface area (Å²) in [6.07, 6.45) is -2.91. The van der Waals surface area contributed by atoms with E-state index < -0.39 is 73.6 Å². The van der Waals surface area contributed by atoms with Gasteiger partial charge in [-0.25, -0.2) is 4.79 Å². The van der Waals surface area contributed by atoms with Crippen LogP contribution >= 0.6 is 11.6 Å². The van der Waals surface area contributed by atoms with E-state index in [1.807, 2.05) is 0 Å². The summed E-state index contributed by atoms with van der Waals surface area (Å²) >= 11 is 6.43. The first-order valence-electron chi connectivity index (χ1n) is 15.3. The molecule has 1 aliphatic heterocycles. The molecule has 1 saturated heterocycles. The van der Waals surface area contributed by atoms with E-state index in [1.54, 1.807) is 54.6 Å². The van der Waals surface area contributed by atoms with E-state index in [2.05, 4.69) is 16.6 Å². The number of carboxylic acids is 1. The fourth-order valence-electron chi connectivity index (χ4n) is 5.30. The third-order valence-electron chi connectivity index (χ3n) is 7.90. The lowest BCUT2D eigenvalue weighted by atomic mass is 9.88. The minimum Gasteiger partial charge on any atom is -0.508 e. The van der Waals surface area contributed by atoms with E-state index in [1.165, 1.54) is 12.1 Å². The molecule has 6 atom stereocenters. The van der Waals surface area contributed by atoms with Crippen molar-refractivity contribution < 1.29 is 59.2 Å². The van der Waals surface area contributed by atoms with Crippen molar-refractivity contribution in [2.45, 2.75) is 55.7 Å². The maximum absolute atomic E-state index is 12.8. The SMILES string of the molecule is C#CCOc1ccc(CO[C@]2(C(=O)O)C[C@H](O)[C@@H](NC(=O)CO)[C@H]([C@H](O)[C@H](O)CNC(=O)Cc3ccc(-c4ccc(O)cc4)c(Cl)c3)O2)cc1. The normalized spacial score (nSPS) is 21.3. The predicted octanol–water partition coefficient (Wildman–Crippen LogP) is 0.730. The molecule has 0 aromatic heterocycles. The number of carboxylic acid groups (broad SMARTS) is 1. The fourth-order valence-corrected chi connectivity index (χ4v) is 5.62. The second-order valence-electron chi connectivity index (χ2n) is 11.5. The van der Waals surface area contributed by atoms with Crippen molar-refractivity contribution in [3.63, 3.8) is 0 Å². The third-order valence-corrected chi connectivity index (χ3v) is 8.22. The highest BCUT2D eigenvalue weighted by molar-refractivity contribution is 6.33. The van der Waals surface area contributed by atoms with Crippen molar-refractivity contribution in [3.8, 4) is 35.0 Å². The van der Waals surface area contributed by atoms with Crippen molar-refractivity contribution in [2.24, 2.45) is 0 Å². The van der Waals surface area contributed by atoms with Gasteiger partial charge >= 0.3 is 5.97 Å². The molecule has 4 rings (SSSR count). The van der Waals surface area contributed by atoms with Crippen LogP contribution in [0.3, 0.4) is 0 Å². The summed E-state index contributed by atoms with van der Waals surface area (Å²) in [6, 6.07) is 16.2. The first kappa shape index (κ1) is 38.1. The molecule has 8 N–H and O–H groups in total. The summed E-state index contributed by atoms with van der Waals surface area (Å²) in [5, 5.41) is 67.1. The van der Waals surface area contributed by atoms with E-state index >= 15 is 0 Å². The molecule has 15 heteroatoms. The number of aliphatic hydroxyl groups is 4. The lowest BCUT2D eigenvalue weighted by molar-refractivity contribution is -0.314. The number of terminal acetylenes is 1. The summed E-state index contributed by atoms with van der Waals surface area (Å²) < 4.78 is 16.7. The lowest BCUT2D eigenvalue weighted by Gasteiger charge is -2.46. The van der Waals surface area contributed by atoms with Gasteiger partial charge in [-0.3, -0.25) is 9.59 Å². The second kappa shape index (κ2) is 17.3. The Kier molecular flexibility index (Phi) is 13.2. The number of ether oxygens (including phenoxy) is 3. The zero-order valence-corrected chi connectivity index (χ0v) is 27.3. The molecule has 0 spiro atoms. The number of phenols is 1. The number of hydrogen-bond donors (Lipinski definition) is 8. The first-order valence-corrected chi connectivity index (χ1v) is 15.7. The van der Waals surface area contributed by atoms with Gasteiger partial charge in [0.25, 0.3) is 5.79 Å². The Balaban J connectivity index is 1.43. The fraction of sp³-hybridized carbons (Fsp3) is 0.343. The average Bonchev–Trinajstić information content (AvgIpc) is 3.10. The van der Waals surface area contributed by atoms with Crippen LogP contribution in [-0.4, -0.2) is 104 Å². The second-order valence-corrected chi connectivity index (χ2v) is 11.9. The summed E-state index contributed by atoms with van der Waals surface area (Å²) in [6.45, 7) is -1.82. The molecule has 14 nitrogen and oxygen atoms in total. The van der Waals surface area contributed by atoms with E-state index in [0.717, 1.165) is 5.56 Å². The highest BCUT2D eigenvalue weighted by Crippen LogP contribution is 2.35. The van der Waals surface area contributed by atoms with Crippen LogP contribution in [0.5, 0.6) is 11.5 Å². The maximum Gasteiger partial charge on any atom is 0.364 e. The molecule has 0 bridgehead atoms. The van der Waals surface area contributed by atoms with Crippen molar-refractivity contribution in [1.29, 1.82) is 0 Å². The average molecular weight is 713 g/mol. The first-order chi connectivity index (χ1) is 23.8. The van der Waals surface area contributed by atoms with Gasteiger partial charge in [-0.05, 0) is 47.0 Å². The number of aliphatic hydroxyl groups excluding tert-OH is 4. The predicted molar refractivity (Wildman–Crippen MR) is 178 cm³/mol. The Morgan fingerprint density at radius 1 is 1.04 bits per heavy atom. The molecular formula is C35H37ClN2O12. The van der Waals surface area contributed by atoms with Crippen LogP contribution in [0.2, 0.25) is 5.02 Å². The van der Waals surface area contributed by atoms with Crippen molar-refractivity contribution >= 4 is 29.4 Å². The maximum atomic E-state index is 12.8. The largest absolute Gasteiger partial charge is 0.508 e. The zero-order chi connectivity index (χ0) is 36.4. The van der Waals surface area contributed by atoms with Crippen LogP contribution in [0.15, 0.2) is 66.7 Å². The van der Waals surface area contributed by atoms with Gasteiger partial charge in [0.15, 0.2) is 0 Å². The number of amides is 2. The van der Waals surface area contributed by atoms with E-state index in [-0.39, 0.29) is 25.4 Å². The van der Waals surface area contributed by atoms with Crippen molar-refractivity contribution in [2.75, 3.05) is 19.8 Å². The van der Waals surface area contributed by atoms with Gasteiger partial charge in [-0.2, -0.15) is 0 Å². The quantitative estimate of drug-likeness (QED) is 0.102. The Morgan fingerprint density at radius 2 is 1.72 bits per heavy atom. The highest BCUT2D eigenvalue weighted by atomic mass is 35.5. The number of aliphatic carboxylic acids is 1. The highest BCUT2D eigenvalue weighted by Gasteiger charge is 2.55. The van der Waals surface area contributed by atoms with Gasteiger partial charge in [-0.15, -0.1) is 6.42 Å². The minimum atomic E-state index is -2.54. The third kappa shape index (κ3) is 9.71. The van der Waals surface area contributed by atoms with Crippen molar-refractivity contribution in [3.05, 3.63) is 82.9 Å². The molecule has 0 saturated carbocycles. The molecule has 0 radical (unpaired) electrons. The van der Waals surface area contributed by atoms with Crippen LogP contribution in [0.25, 0.3) is 11.1 Å². The number of nitrogens with one attached hydrogen (secondary N) is 2. The molecule has 3 aromatic rings. The van der Waals surface area contributed by atoms with E-state index in [0.29, 0.717) is 27.5 Å². The van der Waals surface area contributed by atoms with Crippen molar-refractivity contribution in [1.82, 2.24) is 10.6 Å². The number of carbonyl (C=O) groups excluding carboxylic acids is 2. The van der Waals surface area contributed by atoms with E-state index in [9.17, 15) is 45.0 Å². The summed E-state index contributed by atoms with van der Waals surface area (Å²) in [5.41, 5.74) is 2.46. The zero-order valence-electron chi connectivity index (χ0n) is 26.6. The molecule has 1 aliphatic rings. The molecule has 0 aliphatic carbocycles. The van der Waals surface area contributed by atoms with Gasteiger partial charge in [0.1, 0.15) is 36.9 Å². The number of phenolic OH excluding ortho intramolecular Hbond substituents is 1. The molecule has 266 valence electrons. The molecule has 1 heterocycles. The molecule has 1 fully saturated rings. The van der Waals surface area contributed by atoms with Gasteiger partial charge in [0.2, 0.25) is 11.8 Å².